The van der Waals surface area contributed by atoms with E-state index in [0.29, 0.717) is 19.0 Å². The summed E-state index contributed by atoms with van der Waals surface area (Å²) in [4.78, 5) is 15.0. The van der Waals surface area contributed by atoms with Crippen molar-refractivity contribution in [3.63, 3.8) is 0 Å². The van der Waals surface area contributed by atoms with E-state index in [0.717, 1.165) is 13.1 Å². The van der Waals surface area contributed by atoms with Crippen LogP contribution in [-0.4, -0.2) is 49.1 Å². The van der Waals surface area contributed by atoms with Crippen molar-refractivity contribution in [1.82, 2.24) is 9.80 Å². The maximum absolute atomic E-state index is 11.5. The van der Waals surface area contributed by atoms with Crippen molar-refractivity contribution in [1.29, 1.82) is 0 Å². The molecule has 0 aliphatic carbocycles. The van der Waals surface area contributed by atoms with Crippen LogP contribution in [0.4, 0.5) is 4.79 Å². The second-order valence-electron chi connectivity index (χ2n) is 3.46. The van der Waals surface area contributed by atoms with Gasteiger partial charge < -0.3 is 15.5 Å². The summed E-state index contributed by atoms with van der Waals surface area (Å²) in [5.74, 6) is 0.391. The molecule has 0 saturated carbocycles. The monoisotopic (exact) mass is 183 g/mol. The smallest absolute Gasteiger partial charge is 0.320 e. The van der Waals surface area contributed by atoms with Crippen molar-refractivity contribution in [2.24, 2.45) is 11.7 Å². The summed E-state index contributed by atoms with van der Waals surface area (Å²) in [6.45, 7) is 6.38. The topological polar surface area (TPSA) is 49.6 Å². The molecule has 0 aromatic heterocycles. The normalized spacial score (nSPS) is 23.5. The summed E-state index contributed by atoms with van der Waals surface area (Å²) in [6, 6.07) is 0.0737. The van der Waals surface area contributed by atoms with Crippen molar-refractivity contribution in [2.75, 3.05) is 33.2 Å². The van der Waals surface area contributed by atoms with Crippen LogP contribution in [0.2, 0.25) is 0 Å². The number of amides is 2. The third kappa shape index (κ3) is 2.21. The molecule has 13 heavy (non-hydrogen) atoms. The number of urea groups is 1. The Kier molecular flexibility index (Phi) is 3.31. The van der Waals surface area contributed by atoms with E-state index in [1.807, 2.05) is 0 Å². The van der Waals surface area contributed by atoms with Gasteiger partial charge in [0.15, 0.2) is 0 Å². The van der Waals surface area contributed by atoms with E-state index in [1.54, 1.807) is 22.9 Å². The summed E-state index contributed by atoms with van der Waals surface area (Å²) in [5.41, 5.74) is 5.58. The Balaban J connectivity index is 2.60. The van der Waals surface area contributed by atoms with Gasteiger partial charge in [0.1, 0.15) is 0 Å². The SMILES string of the molecule is C=CCN1CC(CN)CN(C)C1=O. The van der Waals surface area contributed by atoms with Gasteiger partial charge in [0.25, 0.3) is 0 Å². The Morgan fingerprint density at radius 1 is 1.69 bits per heavy atom. The Morgan fingerprint density at radius 3 is 2.92 bits per heavy atom. The minimum absolute atomic E-state index is 0.0737. The van der Waals surface area contributed by atoms with Crippen LogP contribution < -0.4 is 5.73 Å². The molecule has 1 saturated heterocycles. The molecule has 0 bridgehead atoms. The highest BCUT2D eigenvalue weighted by molar-refractivity contribution is 5.75. The quantitative estimate of drug-likeness (QED) is 0.632. The lowest BCUT2D eigenvalue weighted by molar-refractivity contribution is 0.123. The lowest BCUT2D eigenvalue weighted by Gasteiger charge is -2.37. The first-order valence-electron chi connectivity index (χ1n) is 4.50. The van der Waals surface area contributed by atoms with Crippen LogP contribution in [0.5, 0.6) is 0 Å². The molecule has 1 heterocycles. The van der Waals surface area contributed by atoms with Gasteiger partial charge in [-0.05, 0) is 6.54 Å². The number of carbonyl (C=O) groups excluding carboxylic acids is 1. The van der Waals surface area contributed by atoms with E-state index in [1.165, 1.54) is 0 Å². The van der Waals surface area contributed by atoms with Gasteiger partial charge in [0.05, 0.1) is 0 Å². The van der Waals surface area contributed by atoms with E-state index in [9.17, 15) is 4.79 Å². The predicted octanol–water partition coefficient (Wildman–Crippen LogP) is 0.115. The third-order valence-electron chi connectivity index (χ3n) is 2.29. The Labute approximate surface area is 79.0 Å². The number of nitrogens with zero attached hydrogens (tertiary/aromatic N) is 2. The number of hydrogen-bond donors (Lipinski definition) is 1. The first kappa shape index (κ1) is 10.1. The van der Waals surface area contributed by atoms with Crippen LogP contribution in [-0.2, 0) is 0 Å². The minimum atomic E-state index is 0.0737. The van der Waals surface area contributed by atoms with Crippen LogP contribution in [0.25, 0.3) is 0 Å². The van der Waals surface area contributed by atoms with E-state index < -0.39 is 0 Å². The summed E-state index contributed by atoms with van der Waals surface area (Å²) in [5, 5.41) is 0. The van der Waals surface area contributed by atoms with Crippen molar-refractivity contribution in [3.8, 4) is 0 Å². The lowest BCUT2D eigenvalue weighted by atomic mass is 10.1. The Bertz CT molecular complexity index is 205. The van der Waals surface area contributed by atoms with Crippen molar-refractivity contribution >= 4 is 6.03 Å². The average molecular weight is 183 g/mol. The molecule has 4 nitrogen and oxygen atoms in total. The first-order chi connectivity index (χ1) is 6.19. The highest BCUT2D eigenvalue weighted by Crippen LogP contribution is 2.11. The molecule has 1 aliphatic rings. The van der Waals surface area contributed by atoms with E-state index >= 15 is 0 Å². The molecule has 0 aromatic carbocycles. The molecule has 0 aromatic rings. The summed E-state index contributed by atoms with van der Waals surface area (Å²) in [6.07, 6.45) is 1.74. The predicted molar refractivity (Wildman–Crippen MR) is 52.3 cm³/mol. The molecule has 1 fully saturated rings. The van der Waals surface area contributed by atoms with Crippen molar-refractivity contribution < 1.29 is 4.79 Å². The molecule has 0 radical (unpaired) electrons. The van der Waals surface area contributed by atoms with Crippen LogP contribution in [0, 0.1) is 5.92 Å². The molecule has 1 rings (SSSR count). The first-order valence-corrected chi connectivity index (χ1v) is 4.50. The highest BCUT2D eigenvalue weighted by atomic mass is 16.2. The second-order valence-corrected chi connectivity index (χ2v) is 3.46. The highest BCUT2D eigenvalue weighted by Gasteiger charge is 2.27. The zero-order valence-corrected chi connectivity index (χ0v) is 8.07. The Hall–Kier alpha value is -1.03. The molecule has 4 heteroatoms. The van der Waals surface area contributed by atoms with Gasteiger partial charge in [-0.25, -0.2) is 4.79 Å². The molecule has 1 aliphatic heterocycles. The summed E-state index contributed by atoms with van der Waals surface area (Å²) < 4.78 is 0. The molecule has 2 N–H and O–H groups in total. The molecule has 74 valence electrons. The molecular formula is C9H17N3O. The zero-order chi connectivity index (χ0) is 9.84. The van der Waals surface area contributed by atoms with Gasteiger partial charge in [-0.15, -0.1) is 6.58 Å². The van der Waals surface area contributed by atoms with E-state index in [-0.39, 0.29) is 6.03 Å². The van der Waals surface area contributed by atoms with Crippen molar-refractivity contribution in [2.45, 2.75) is 0 Å². The molecular weight excluding hydrogens is 166 g/mol. The van der Waals surface area contributed by atoms with Crippen LogP contribution in [0.1, 0.15) is 0 Å². The average Bonchev–Trinajstić information content (AvgIpc) is 2.13. The maximum Gasteiger partial charge on any atom is 0.320 e. The fourth-order valence-electron chi connectivity index (χ4n) is 1.61. The van der Waals surface area contributed by atoms with E-state index in [2.05, 4.69) is 6.58 Å². The summed E-state index contributed by atoms with van der Waals surface area (Å²) >= 11 is 0. The van der Waals surface area contributed by atoms with Gasteiger partial charge in [-0.1, -0.05) is 6.08 Å². The largest absolute Gasteiger partial charge is 0.330 e. The van der Waals surface area contributed by atoms with Crippen molar-refractivity contribution in [3.05, 3.63) is 12.7 Å². The third-order valence-corrected chi connectivity index (χ3v) is 2.29. The van der Waals surface area contributed by atoms with Crippen LogP contribution in [0.3, 0.4) is 0 Å². The Morgan fingerprint density at radius 2 is 2.38 bits per heavy atom. The van der Waals surface area contributed by atoms with Gasteiger partial charge in [0.2, 0.25) is 0 Å². The fourth-order valence-corrected chi connectivity index (χ4v) is 1.61. The van der Waals surface area contributed by atoms with Gasteiger partial charge in [-0.3, -0.25) is 0 Å². The molecule has 2 amide bonds. The number of carbonyl (C=O) groups is 1. The fraction of sp³-hybridized carbons (Fsp3) is 0.667. The van der Waals surface area contributed by atoms with Gasteiger partial charge >= 0.3 is 6.03 Å². The molecule has 1 atom stereocenters. The van der Waals surface area contributed by atoms with Gasteiger partial charge in [0, 0.05) is 32.6 Å². The molecule has 1 unspecified atom stereocenters. The van der Waals surface area contributed by atoms with Crippen LogP contribution in [0.15, 0.2) is 12.7 Å². The lowest BCUT2D eigenvalue weighted by Crippen LogP contribution is -2.53. The van der Waals surface area contributed by atoms with Crippen LogP contribution >= 0.6 is 0 Å². The standard InChI is InChI=1S/C9H17N3O/c1-3-4-12-7-8(5-10)6-11(2)9(12)13/h3,8H,1,4-7,10H2,2H3. The second kappa shape index (κ2) is 4.28. The van der Waals surface area contributed by atoms with E-state index in [4.69, 9.17) is 5.73 Å². The number of hydrogen-bond acceptors (Lipinski definition) is 2. The minimum Gasteiger partial charge on any atom is -0.330 e. The number of rotatable bonds is 3. The number of nitrogens with two attached hydrogens (primary N) is 1. The zero-order valence-electron chi connectivity index (χ0n) is 8.07. The molecule has 0 spiro atoms. The van der Waals surface area contributed by atoms with Gasteiger partial charge in [-0.2, -0.15) is 0 Å². The summed E-state index contributed by atoms with van der Waals surface area (Å²) in [7, 11) is 1.81. The maximum atomic E-state index is 11.5.